The van der Waals surface area contributed by atoms with E-state index in [1.54, 1.807) is 0 Å². The Hall–Kier alpha value is -1.06. The van der Waals surface area contributed by atoms with Crippen LogP contribution in [-0.2, 0) is 9.59 Å². The van der Waals surface area contributed by atoms with Gasteiger partial charge in [0.15, 0.2) is 0 Å². The number of aliphatic carboxylic acids is 1. The van der Waals surface area contributed by atoms with Gasteiger partial charge in [-0.05, 0) is 37.5 Å². The largest absolute Gasteiger partial charge is 0.481 e. The van der Waals surface area contributed by atoms with Crippen LogP contribution in [0.25, 0.3) is 0 Å². The van der Waals surface area contributed by atoms with Crippen molar-refractivity contribution in [2.24, 2.45) is 17.8 Å². The molecule has 1 amide bonds. The molecule has 1 saturated heterocycles. The van der Waals surface area contributed by atoms with E-state index in [4.69, 9.17) is 5.11 Å². The fraction of sp³-hybridized carbons (Fsp3) is 0.867. The molecule has 0 radical (unpaired) electrons. The number of carboxylic acids is 1. The van der Waals surface area contributed by atoms with Crippen LogP contribution in [0.3, 0.4) is 0 Å². The van der Waals surface area contributed by atoms with E-state index in [2.05, 4.69) is 0 Å². The average Bonchev–Trinajstić information content (AvgIpc) is 2.91. The van der Waals surface area contributed by atoms with E-state index < -0.39 is 5.97 Å². The Morgan fingerprint density at radius 1 is 1.21 bits per heavy atom. The van der Waals surface area contributed by atoms with Gasteiger partial charge in [0.2, 0.25) is 5.91 Å². The van der Waals surface area contributed by atoms with Gasteiger partial charge in [0.1, 0.15) is 0 Å². The number of nitrogens with zero attached hydrogens (tertiary/aromatic N) is 1. The molecule has 0 bridgehead atoms. The average molecular weight is 267 g/mol. The summed E-state index contributed by atoms with van der Waals surface area (Å²) in [5, 5.41) is 8.88. The zero-order valence-electron chi connectivity index (χ0n) is 11.8. The molecule has 0 spiro atoms. The summed E-state index contributed by atoms with van der Waals surface area (Å²) in [6.45, 7) is 3.64. The van der Waals surface area contributed by atoms with Gasteiger partial charge in [0.25, 0.3) is 0 Å². The fourth-order valence-electron chi connectivity index (χ4n) is 3.55. The molecule has 2 atom stereocenters. The first-order valence-corrected chi connectivity index (χ1v) is 7.58. The van der Waals surface area contributed by atoms with Crippen LogP contribution >= 0.6 is 0 Å². The van der Waals surface area contributed by atoms with Gasteiger partial charge in [-0.1, -0.05) is 19.8 Å². The summed E-state index contributed by atoms with van der Waals surface area (Å²) >= 11 is 0. The Morgan fingerprint density at radius 2 is 1.89 bits per heavy atom. The Balaban J connectivity index is 1.89. The van der Waals surface area contributed by atoms with Gasteiger partial charge < -0.3 is 10.0 Å². The summed E-state index contributed by atoms with van der Waals surface area (Å²) in [5.41, 5.74) is 0. The lowest BCUT2D eigenvalue weighted by molar-refractivity contribution is -0.139. The number of carboxylic acid groups (broad SMARTS) is 1. The van der Waals surface area contributed by atoms with Crippen molar-refractivity contribution in [3.05, 3.63) is 0 Å². The molecule has 4 nitrogen and oxygen atoms in total. The van der Waals surface area contributed by atoms with Gasteiger partial charge in [-0.25, -0.2) is 0 Å². The smallest absolute Gasteiger partial charge is 0.303 e. The normalized spacial score (nSPS) is 26.4. The van der Waals surface area contributed by atoms with Crippen LogP contribution in [0.5, 0.6) is 0 Å². The second kappa shape index (κ2) is 6.40. The summed E-state index contributed by atoms with van der Waals surface area (Å²) < 4.78 is 0. The van der Waals surface area contributed by atoms with Crippen LogP contribution in [0.4, 0.5) is 0 Å². The summed E-state index contributed by atoms with van der Waals surface area (Å²) in [6.07, 6.45) is 6.76. The first-order valence-electron chi connectivity index (χ1n) is 7.58. The molecule has 4 heteroatoms. The van der Waals surface area contributed by atoms with Gasteiger partial charge in [0.05, 0.1) is 0 Å². The molecule has 1 saturated carbocycles. The second-order valence-corrected chi connectivity index (χ2v) is 6.24. The van der Waals surface area contributed by atoms with Crippen LogP contribution < -0.4 is 0 Å². The second-order valence-electron chi connectivity index (χ2n) is 6.24. The number of piperidine rings is 1. The van der Waals surface area contributed by atoms with Gasteiger partial charge in [0, 0.05) is 25.4 Å². The zero-order chi connectivity index (χ0) is 13.8. The number of amides is 1. The topological polar surface area (TPSA) is 57.6 Å². The molecule has 2 aliphatic rings. The molecule has 1 heterocycles. The first kappa shape index (κ1) is 14.4. The van der Waals surface area contributed by atoms with E-state index in [0.717, 1.165) is 38.8 Å². The maximum atomic E-state index is 12.4. The molecule has 0 aromatic carbocycles. The quantitative estimate of drug-likeness (QED) is 0.851. The molecular weight excluding hydrogens is 242 g/mol. The summed E-state index contributed by atoms with van der Waals surface area (Å²) in [7, 11) is 0. The molecule has 1 aliphatic carbocycles. The molecule has 108 valence electrons. The minimum absolute atomic E-state index is 0.164. The maximum absolute atomic E-state index is 12.4. The standard InChI is InChI=1S/C15H25NO3/c1-11(9-14(17)18)13-7-4-8-16(10-13)15(19)12-5-2-3-6-12/h11-13H,2-10H2,1H3,(H,17,18). The van der Waals surface area contributed by atoms with Crippen LogP contribution in [0.15, 0.2) is 0 Å². The van der Waals surface area contributed by atoms with E-state index in [-0.39, 0.29) is 18.3 Å². The van der Waals surface area contributed by atoms with E-state index in [9.17, 15) is 9.59 Å². The third-order valence-corrected chi connectivity index (χ3v) is 4.78. The van der Waals surface area contributed by atoms with Gasteiger partial charge in [-0.15, -0.1) is 0 Å². The van der Waals surface area contributed by atoms with Gasteiger partial charge in [-0.2, -0.15) is 0 Å². The zero-order valence-corrected chi connectivity index (χ0v) is 11.8. The third kappa shape index (κ3) is 3.71. The maximum Gasteiger partial charge on any atom is 0.303 e. The first-order chi connectivity index (χ1) is 9.08. The van der Waals surface area contributed by atoms with Crippen LogP contribution in [0.1, 0.15) is 51.9 Å². The molecule has 2 unspecified atom stereocenters. The molecule has 0 aromatic rings. The number of carbonyl (C=O) groups is 2. The lowest BCUT2D eigenvalue weighted by Gasteiger charge is -2.36. The Morgan fingerprint density at radius 3 is 2.53 bits per heavy atom. The highest BCUT2D eigenvalue weighted by atomic mass is 16.4. The molecule has 2 rings (SSSR count). The lowest BCUT2D eigenvalue weighted by atomic mass is 9.84. The highest BCUT2D eigenvalue weighted by molar-refractivity contribution is 5.79. The van der Waals surface area contributed by atoms with Crippen molar-refractivity contribution in [1.29, 1.82) is 0 Å². The number of likely N-dealkylation sites (tertiary alicyclic amines) is 1. The van der Waals surface area contributed by atoms with E-state index >= 15 is 0 Å². The van der Waals surface area contributed by atoms with E-state index in [1.165, 1.54) is 12.8 Å². The number of hydrogen-bond donors (Lipinski definition) is 1. The van der Waals surface area contributed by atoms with Crippen LogP contribution in [0, 0.1) is 17.8 Å². The number of hydrogen-bond acceptors (Lipinski definition) is 2. The highest BCUT2D eigenvalue weighted by Gasteiger charge is 2.32. The van der Waals surface area contributed by atoms with Crippen molar-refractivity contribution in [3.8, 4) is 0 Å². The van der Waals surface area contributed by atoms with Crippen molar-refractivity contribution in [2.45, 2.75) is 51.9 Å². The predicted octanol–water partition coefficient (Wildman–Crippen LogP) is 2.53. The Labute approximate surface area is 115 Å². The SMILES string of the molecule is CC(CC(=O)O)C1CCCN(C(=O)C2CCCC2)C1. The molecule has 1 N–H and O–H groups in total. The molecule has 1 aliphatic heterocycles. The monoisotopic (exact) mass is 267 g/mol. The Bertz CT molecular complexity index is 336. The molecular formula is C15H25NO3. The fourth-order valence-corrected chi connectivity index (χ4v) is 3.55. The molecule has 19 heavy (non-hydrogen) atoms. The number of rotatable bonds is 4. The summed E-state index contributed by atoms with van der Waals surface area (Å²) in [4.78, 5) is 25.2. The van der Waals surface area contributed by atoms with E-state index in [0.29, 0.717) is 11.8 Å². The van der Waals surface area contributed by atoms with Gasteiger partial charge in [-0.3, -0.25) is 9.59 Å². The predicted molar refractivity (Wildman–Crippen MR) is 72.7 cm³/mol. The lowest BCUT2D eigenvalue weighted by Crippen LogP contribution is -2.44. The van der Waals surface area contributed by atoms with Crippen molar-refractivity contribution in [1.82, 2.24) is 4.90 Å². The van der Waals surface area contributed by atoms with Gasteiger partial charge >= 0.3 is 5.97 Å². The Kier molecular flexibility index (Phi) is 4.83. The van der Waals surface area contributed by atoms with Crippen LogP contribution in [0.2, 0.25) is 0 Å². The van der Waals surface area contributed by atoms with E-state index in [1.807, 2.05) is 11.8 Å². The number of carbonyl (C=O) groups excluding carboxylic acids is 1. The molecule has 2 fully saturated rings. The summed E-state index contributed by atoms with van der Waals surface area (Å²) in [5.74, 6) is 0.358. The van der Waals surface area contributed by atoms with Crippen LogP contribution in [-0.4, -0.2) is 35.0 Å². The van der Waals surface area contributed by atoms with Crippen molar-refractivity contribution >= 4 is 11.9 Å². The van der Waals surface area contributed by atoms with Crippen molar-refractivity contribution < 1.29 is 14.7 Å². The minimum atomic E-state index is -0.730. The molecule has 0 aromatic heterocycles. The summed E-state index contributed by atoms with van der Waals surface area (Å²) in [6, 6.07) is 0. The third-order valence-electron chi connectivity index (χ3n) is 4.78. The van der Waals surface area contributed by atoms with Crippen molar-refractivity contribution in [2.75, 3.05) is 13.1 Å². The minimum Gasteiger partial charge on any atom is -0.481 e. The highest BCUT2D eigenvalue weighted by Crippen LogP contribution is 2.31. The van der Waals surface area contributed by atoms with Crippen molar-refractivity contribution in [3.63, 3.8) is 0 Å².